The molecule has 3 unspecified atom stereocenters. The van der Waals surface area contributed by atoms with E-state index >= 15 is 0 Å². The Labute approximate surface area is 90.5 Å². The molecule has 1 rings (SSSR count). The summed E-state index contributed by atoms with van der Waals surface area (Å²) in [6.07, 6.45) is 4.27. The quantitative estimate of drug-likeness (QED) is 0.595. The van der Waals surface area contributed by atoms with E-state index in [9.17, 15) is 0 Å². The molecule has 1 aliphatic carbocycles. The highest BCUT2D eigenvalue weighted by atomic mass is 14.6. The Morgan fingerprint density at radius 1 is 1.21 bits per heavy atom. The van der Waals surface area contributed by atoms with E-state index in [2.05, 4.69) is 41.5 Å². The smallest absolute Gasteiger partial charge is 0.0295 e. The molecule has 3 atom stereocenters. The van der Waals surface area contributed by atoms with E-state index in [1.807, 2.05) is 0 Å². The molecule has 0 N–H and O–H groups in total. The lowest BCUT2D eigenvalue weighted by atomic mass is 9.87. The third kappa shape index (κ3) is 2.32. The first-order valence-electron chi connectivity index (χ1n) is 6.41. The van der Waals surface area contributed by atoms with Crippen molar-refractivity contribution >= 4 is 0 Å². The average Bonchev–Trinajstić information content (AvgIpc) is 2.54. The fourth-order valence-corrected chi connectivity index (χ4v) is 3.04. The maximum absolute atomic E-state index is 2.43. The molecule has 0 radical (unpaired) electrons. The van der Waals surface area contributed by atoms with Crippen molar-refractivity contribution in [1.82, 2.24) is 0 Å². The van der Waals surface area contributed by atoms with Gasteiger partial charge in [-0.1, -0.05) is 48.0 Å². The van der Waals surface area contributed by atoms with E-state index in [1.165, 1.54) is 19.3 Å². The van der Waals surface area contributed by atoms with Gasteiger partial charge in [0.15, 0.2) is 0 Å². The van der Waals surface area contributed by atoms with Gasteiger partial charge in [0.25, 0.3) is 0 Å². The van der Waals surface area contributed by atoms with Crippen LogP contribution in [0.2, 0.25) is 0 Å². The molecular weight excluding hydrogens is 168 g/mol. The van der Waals surface area contributed by atoms with Crippen molar-refractivity contribution in [2.45, 2.75) is 60.8 Å². The van der Waals surface area contributed by atoms with Gasteiger partial charge in [-0.3, -0.25) is 0 Å². The van der Waals surface area contributed by atoms with Crippen LogP contribution in [0.25, 0.3) is 0 Å². The van der Waals surface area contributed by atoms with Gasteiger partial charge in [0.2, 0.25) is 0 Å². The summed E-state index contributed by atoms with van der Waals surface area (Å²) in [5, 5.41) is 0. The van der Waals surface area contributed by atoms with Crippen LogP contribution in [0.5, 0.6) is 0 Å². The van der Waals surface area contributed by atoms with Gasteiger partial charge < -0.3 is 0 Å². The van der Waals surface area contributed by atoms with Crippen molar-refractivity contribution in [2.24, 2.45) is 29.1 Å². The summed E-state index contributed by atoms with van der Waals surface area (Å²) in [5.41, 5.74) is 0.648. The number of rotatable bonds is 5. The predicted molar refractivity (Wildman–Crippen MR) is 64.3 cm³/mol. The Hall–Kier alpha value is 0. The molecule has 14 heavy (non-hydrogen) atoms. The molecule has 1 saturated carbocycles. The van der Waals surface area contributed by atoms with E-state index < -0.39 is 0 Å². The zero-order chi connectivity index (χ0) is 10.9. The summed E-state index contributed by atoms with van der Waals surface area (Å²) in [5.74, 6) is 3.80. The van der Waals surface area contributed by atoms with Gasteiger partial charge in [-0.2, -0.15) is 0 Å². The molecule has 0 aliphatic heterocycles. The minimum Gasteiger partial charge on any atom is -0.0651 e. The van der Waals surface area contributed by atoms with Crippen molar-refractivity contribution in [3.63, 3.8) is 0 Å². The topological polar surface area (TPSA) is 0 Å². The van der Waals surface area contributed by atoms with E-state index in [4.69, 9.17) is 0 Å². The molecule has 0 spiro atoms. The van der Waals surface area contributed by atoms with Gasteiger partial charge in [0, 0.05) is 0 Å². The Morgan fingerprint density at radius 3 is 2.00 bits per heavy atom. The number of hydrogen-bond acceptors (Lipinski definition) is 0. The zero-order valence-corrected chi connectivity index (χ0v) is 10.9. The normalized spacial score (nSPS) is 31.9. The Kier molecular flexibility index (Phi) is 3.66. The lowest BCUT2D eigenvalue weighted by molar-refractivity contribution is 0.325. The molecule has 0 aromatic carbocycles. The molecule has 0 heterocycles. The minimum atomic E-state index is 0.648. The highest BCUT2D eigenvalue weighted by Crippen LogP contribution is 2.60. The minimum absolute atomic E-state index is 0.648. The monoisotopic (exact) mass is 196 g/mol. The summed E-state index contributed by atoms with van der Waals surface area (Å²) in [6, 6.07) is 0. The average molecular weight is 196 g/mol. The molecular formula is C14H28. The highest BCUT2D eigenvalue weighted by Gasteiger charge is 2.53. The summed E-state index contributed by atoms with van der Waals surface area (Å²) in [4.78, 5) is 0. The molecule has 1 aliphatic rings. The second-order valence-corrected chi connectivity index (χ2v) is 6.21. The van der Waals surface area contributed by atoms with Crippen molar-refractivity contribution < 1.29 is 0 Å². The third-order valence-electron chi connectivity index (χ3n) is 4.94. The van der Waals surface area contributed by atoms with Gasteiger partial charge in [-0.15, -0.1) is 0 Å². The van der Waals surface area contributed by atoms with E-state index in [0.29, 0.717) is 5.41 Å². The van der Waals surface area contributed by atoms with Crippen molar-refractivity contribution in [1.29, 1.82) is 0 Å². The van der Waals surface area contributed by atoms with Crippen LogP contribution >= 0.6 is 0 Å². The van der Waals surface area contributed by atoms with Crippen molar-refractivity contribution in [3.8, 4) is 0 Å². The maximum atomic E-state index is 2.43. The van der Waals surface area contributed by atoms with Crippen LogP contribution in [0.1, 0.15) is 60.8 Å². The standard InChI is InChI=1S/C14H28/c1-7-12(10(2)3)8-9-13-11(4)14(13,5)6/h10-13H,7-9H2,1-6H3. The zero-order valence-electron chi connectivity index (χ0n) is 10.9. The van der Waals surface area contributed by atoms with Crippen LogP contribution in [-0.4, -0.2) is 0 Å². The van der Waals surface area contributed by atoms with Crippen LogP contribution in [0.3, 0.4) is 0 Å². The Balaban J connectivity index is 2.28. The molecule has 0 heteroatoms. The van der Waals surface area contributed by atoms with Gasteiger partial charge in [-0.25, -0.2) is 0 Å². The van der Waals surface area contributed by atoms with Crippen LogP contribution < -0.4 is 0 Å². The summed E-state index contributed by atoms with van der Waals surface area (Å²) < 4.78 is 0. The van der Waals surface area contributed by atoms with Crippen LogP contribution in [-0.2, 0) is 0 Å². The second-order valence-electron chi connectivity index (χ2n) is 6.21. The summed E-state index contributed by atoms with van der Waals surface area (Å²) >= 11 is 0. The first-order valence-corrected chi connectivity index (χ1v) is 6.41. The van der Waals surface area contributed by atoms with Gasteiger partial charge in [0.1, 0.15) is 0 Å². The molecule has 0 aromatic heterocycles. The molecule has 1 fully saturated rings. The summed E-state index contributed by atoms with van der Waals surface area (Å²) in [6.45, 7) is 14.4. The SMILES string of the molecule is CCC(CCC1C(C)C1(C)C)C(C)C. The largest absolute Gasteiger partial charge is 0.0651 e. The Morgan fingerprint density at radius 2 is 1.71 bits per heavy atom. The van der Waals surface area contributed by atoms with E-state index in [1.54, 1.807) is 0 Å². The van der Waals surface area contributed by atoms with Crippen molar-refractivity contribution in [2.75, 3.05) is 0 Å². The third-order valence-corrected chi connectivity index (χ3v) is 4.94. The van der Waals surface area contributed by atoms with Gasteiger partial charge >= 0.3 is 0 Å². The molecule has 0 nitrogen and oxygen atoms in total. The molecule has 0 bridgehead atoms. The van der Waals surface area contributed by atoms with Crippen LogP contribution in [0.15, 0.2) is 0 Å². The Bertz CT molecular complexity index is 176. The molecule has 84 valence electrons. The maximum Gasteiger partial charge on any atom is -0.0295 e. The highest BCUT2D eigenvalue weighted by molar-refractivity contribution is 5.01. The van der Waals surface area contributed by atoms with E-state index in [-0.39, 0.29) is 0 Å². The van der Waals surface area contributed by atoms with Crippen LogP contribution in [0.4, 0.5) is 0 Å². The van der Waals surface area contributed by atoms with Gasteiger partial charge in [0.05, 0.1) is 0 Å². The predicted octanol–water partition coefficient (Wildman–Crippen LogP) is 4.74. The van der Waals surface area contributed by atoms with Gasteiger partial charge in [-0.05, 0) is 41.9 Å². The lowest BCUT2D eigenvalue weighted by Crippen LogP contribution is -2.08. The second kappa shape index (κ2) is 4.24. The van der Waals surface area contributed by atoms with Crippen molar-refractivity contribution in [3.05, 3.63) is 0 Å². The van der Waals surface area contributed by atoms with E-state index in [0.717, 1.165) is 23.7 Å². The fraction of sp³-hybridized carbons (Fsp3) is 1.00. The van der Waals surface area contributed by atoms with Crippen LogP contribution in [0, 0.1) is 29.1 Å². The molecule has 0 amide bonds. The fourth-order valence-electron chi connectivity index (χ4n) is 3.04. The molecule has 0 aromatic rings. The molecule has 0 saturated heterocycles. The lowest BCUT2D eigenvalue weighted by Gasteiger charge is -2.19. The summed E-state index contributed by atoms with van der Waals surface area (Å²) in [7, 11) is 0. The number of hydrogen-bond donors (Lipinski definition) is 0. The first kappa shape index (κ1) is 12.1. The first-order chi connectivity index (χ1) is 6.41.